The smallest absolute Gasteiger partial charge is 0.137 e. The lowest BCUT2D eigenvalue weighted by Gasteiger charge is -2.62. The number of para-hydroxylation sites is 1. The van der Waals surface area contributed by atoms with Gasteiger partial charge in [0.25, 0.3) is 0 Å². The van der Waals surface area contributed by atoms with E-state index < -0.39 is 0 Å². The molecule has 4 fully saturated rings. The van der Waals surface area contributed by atoms with Crippen LogP contribution < -0.4 is 4.74 Å². The van der Waals surface area contributed by atoms with E-state index in [1.807, 2.05) is 41.2 Å². The zero-order chi connectivity index (χ0) is 31.0. The predicted octanol–water partition coefficient (Wildman–Crippen LogP) is 9.90. The second-order valence-corrected chi connectivity index (χ2v) is 14.0. The number of hydrogen-bond acceptors (Lipinski definition) is 3. The molecule has 3 heterocycles. The van der Waals surface area contributed by atoms with Gasteiger partial charge in [0.05, 0.1) is 16.7 Å². The lowest BCUT2D eigenvalue weighted by molar-refractivity contribution is -0.0418. The van der Waals surface area contributed by atoms with Gasteiger partial charge in [-0.25, -0.2) is 9.67 Å². The Bertz CT molecular complexity index is 2220. The number of nitrogens with zero attached hydrogens (tertiary/aromatic N) is 4. The molecule has 0 saturated heterocycles. The molecule has 0 aliphatic heterocycles. The van der Waals surface area contributed by atoms with Crippen molar-refractivity contribution in [3.63, 3.8) is 0 Å². The maximum Gasteiger partial charge on any atom is 0.137 e. The number of ether oxygens (including phenoxy) is 1. The van der Waals surface area contributed by atoms with Crippen LogP contribution in [0, 0.1) is 23.7 Å². The molecule has 0 unspecified atom stereocenters. The van der Waals surface area contributed by atoms with Crippen LogP contribution in [0.5, 0.6) is 11.5 Å². The number of rotatable bonds is 6. The molecule has 0 atom stereocenters. The standard InChI is InChI=1S/C42H36N4O/c1-2-8-30(9-3-1)42(32-21-28-20-29(23-32)24-33(42)22-28)31-16-18-43-41(25-31)46-39-13-5-4-12-37(39)38-15-14-36(27-40(38)46)47-35-11-6-10-34(26-35)45-19-7-17-44-45/h1-19,25-29,32-33H,20-24H2. The van der Waals surface area contributed by atoms with Crippen molar-refractivity contribution in [2.75, 3.05) is 0 Å². The van der Waals surface area contributed by atoms with Crippen molar-refractivity contribution < 1.29 is 4.74 Å². The number of hydrogen-bond donors (Lipinski definition) is 0. The molecular weight excluding hydrogens is 576 g/mol. The zero-order valence-corrected chi connectivity index (χ0v) is 26.2. The Kier molecular flexibility index (Phi) is 5.99. The first-order chi connectivity index (χ1) is 23.2. The third-order valence-corrected chi connectivity index (χ3v) is 11.6. The van der Waals surface area contributed by atoms with Gasteiger partial charge in [0.15, 0.2) is 0 Å². The van der Waals surface area contributed by atoms with E-state index in [1.165, 1.54) is 54.0 Å². The van der Waals surface area contributed by atoms with Crippen LogP contribution in [0.25, 0.3) is 33.3 Å². The highest BCUT2D eigenvalue weighted by molar-refractivity contribution is 6.09. The SMILES string of the molecule is c1ccc(C2(c3ccnc(-n4c5ccccc5c5ccc(Oc6cccc(-n7cccn7)c6)cc54)c3)C3CC4CC(C3)CC2C4)cc1. The van der Waals surface area contributed by atoms with E-state index in [0.717, 1.165) is 45.9 Å². The monoisotopic (exact) mass is 612 g/mol. The molecule has 0 spiro atoms. The fourth-order valence-electron chi connectivity index (χ4n) is 10.1. The van der Waals surface area contributed by atoms with E-state index in [4.69, 9.17) is 9.72 Å². The van der Waals surface area contributed by atoms with E-state index in [1.54, 1.807) is 6.20 Å². The molecule has 0 amide bonds. The third kappa shape index (κ3) is 4.15. The summed E-state index contributed by atoms with van der Waals surface area (Å²) in [4.78, 5) is 5.09. The van der Waals surface area contributed by atoms with E-state index in [-0.39, 0.29) is 5.41 Å². The molecule has 5 heteroatoms. The lowest BCUT2D eigenvalue weighted by atomic mass is 9.42. The minimum Gasteiger partial charge on any atom is -0.457 e. The summed E-state index contributed by atoms with van der Waals surface area (Å²) in [5.74, 6) is 5.66. The van der Waals surface area contributed by atoms with Crippen molar-refractivity contribution in [1.82, 2.24) is 19.3 Å². The van der Waals surface area contributed by atoms with Crippen molar-refractivity contribution >= 4 is 21.8 Å². The summed E-state index contributed by atoms with van der Waals surface area (Å²) in [6.45, 7) is 0. The predicted molar refractivity (Wildman–Crippen MR) is 186 cm³/mol. The van der Waals surface area contributed by atoms with Gasteiger partial charge in [0.2, 0.25) is 0 Å². The minimum absolute atomic E-state index is 0.0268. The summed E-state index contributed by atoms with van der Waals surface area (Å²) >= 11 is 0. The molecule has 4 saturated carbocycles. The molecule has 11 rings (SSSR count). The maximum atomic E-state index is 6.49. The van der Waals surface area contributed by atoms with Crippen molar-refractivity contribution in [1.29, 1.82) is 0 Å². The largest absolute Gasteiger partial charge is 0.457 e. The van der Waals surface area contributed by atoms with Gasteiger partial charge >= 0.3 is 0 Å². The van der Waals surface area contributed by atoms with E-state index in [9.17, 15) is 0 Å². The number of benzene rings is 4. The molecule has 47 heavy (non-hydrogen) atoms. The van der Waals surface area contributed by atoms with Crippen LogP contribution in [0.1, 0.15) is 43.2 Å². The Morgan fingerprint density at radius 2 is 1.36 bits per heavy atom. The molecule has 4 aliphatic rings. The van der Waals surface area contributed by atoms with Gasteiger partial charge in [-0.15, -0.1) is 0 Å². The highest BCUT2D eigenvalue weighted by atomic mass is 16.5. The molecule has 230 valence electrons. The second-order valence-electron chi connectivity index (χ2n) is 14.0. The lowest BCUT2D eigenvalue weighted by Crippen LogP contribution is -2.56. The molecule has 3 aromatic heterocycles. The van der Waals surface area contributed by atoms with Gasteiger partial charge in [-0.05, 0) is 115 Å². The summed E-state index contributed by atoms with van der Waals surface area (Å²) in [7, 11) is 0. The summed E-state index contributed by atoms with van der Waals surface area (Å²) in [6, 6.07) is 41.3. The first-order valence-corrected chi connectivity index (χ1v) is 17.1. The molecule has 5 nitrogen and oxygen atoms in total. The maximum absolute atomic E-state index is 6.49. The van der Waals surface area contributed by atoms with Crippen molar-refractivity contribution in [2.24, 2.45) is 23.7 Å². The zero-order valence-electron chi connectivity index (χ0n) is 26.2. The molecule has 0 N–H and O–H groups in total. The Morgan fingerprint density at radius 1 is 0.596 bits per heavy atom. The average molecular weight is 613 g/mol. The quantitative estimate of drug-likeness (QED) is 0.188. The van der Waals surface area contributed by atoms with Crippen LogP contribution in [0.3, 0.4) is 0 Å². The Morgan fingerprint density at radius 3 is 2.17 bits per heavy atom. The molecule has 4 bridgehead atoms. The fourth-order valence-corrected chi connectivity index (χ4v) is 10.1. The van der Waals surface area contributed by atoms with Crippen LogP contribution in [-0.4, -0.2) is 19.3 Å². The van der Waals surface area contributed by atoms with Crippen LogP contribution in [0.4, 0.5) is 0 Å². The Hall–Kier alpha value is -5.16. The Balaban J connectivity index is 1.12. The van der Waals surface area contributed by atoms with Crippen molar-refractivity contribution in [3.05, 3.63) is 145 Å². The normalized spacial score (nSPS) is 24.7. The first kappa shape index (κ1) is 27.0. The van der Waals surface area contributed by atoms with Crippen LogP contribution >= 0.6 is 0 Å². The number of fused-ring (bicyclic) bond motifs is 3. The first-order valence-electron chi connectivity index (χ1n) is 17.1. The highest BCUT2D eigenvalue weighted by Crippen LogP contribution is 2.65. The summed E-state index contributed by atoms with van der Waals surface area (Å²) in [5, 5.41) is 6.79. The third-order valence-electron chi connectivity index (χ3n) is 11.6. The molecule has 0 radical (unpaired) electrons. The van der Waals surface area contributed by atoms with Crippen LogP contribution in [0.2, 0.25) is 0 Å². The molecule has 4 aliphatic carbocycles. The topological polar surface area (TPSA) is 44.9 Å². The van der Waals surface area contributed by atoms with Crippen molar-refractivity contribution in [2.45, 2.75) is 37.5 Å². The minimum atomic E-state index is 0.0268. The number of pyridine rings is 1. The average Bonchev–Trinajstić information content (AvgIpc) is 3.76. The summed E-state index contributed by atoms with van der Waals surface area (Å²) < 4.78 is 10.7. The Labute approximate surface area is 274 Å². The second kappa shape index (κ2) is 10.4. The molecule has 4 aromatic carbocycles. The van der Waals surface area contributed by atoms with Gasteiger partial charge in [-0.3, -0.25) is 4.57 Å². The molecular formula is C42H36N4O. The van der Waals surface area contributed by atoms with Gasteiger partial charge in [0, 0.05) is 46.9 Å². The van der Waals surface area contributed by atoms with E-state index in [2.05, 4.69) is 101 Å². The van der Waals surface area contributed by atoms with E-state index in [0.29, 0.717) is 11.8 Å². The van der Waals surface area contributed by atoms with Gasteiger partial charge in [-0.1, -0.05) is 54.6 Å². The van der Waals surface area contributed by atoms with E-state index >= 15 is 0 Å². The van der Waals surface area contributed by atoms with Crippen LogP contribution in [-0.2, 0) is 5.41 Å². The van der Waals surface area contributed by atoms with Crippen LogP contribution in [0.15, 0.2) is 134 Å². The number of aromatic nitrogens is 4. The summed E-state index contributed by atoms with van der Waals surface area (Å²) in [5.41, 5.74) is 6.15. The molecule has 7 aromatic rings. The van der Waals surface area contributed by atoms with Gasteiger partial charge in [-0.2, -0.15) is 5.10 Å². The van der Waals surface area contributed by atoms with Gasteiger partial charge in [0.1, 0.15) is 17.3 Å². The van der Waals surface area contributed by atoms with Gasteiger partial charge < -0.3 is 4.74 Å². The summed E-state index contributed by atoms with van der Waals surface area (Å²) in [6.07, 6.45) is 12.6. The fraction of sp³-hybridized carbons (Fsp3) is 0.238. The van der Waals surface area contributed by atoms with Crippen molar-refractivity contribution in [3.8, 4) is 23.0 Å². The highest BCUT2D eigenvalue weighted by Gasteiger charge is 2.58.